The lowest BCUT2D eigenvalue weighted by Crippen LogP contribution is -2.36. The van der Waals surface area contributed by atoms with Crippen LogP contribution in [0.5, 0.6) is 0 Å². The van der Waals surface area contributed by atoms with E-state index in [1.807, 2.05) is 29.1 Å². The number of hydrogen-bond donors (Lipinski definition) is 1. The van der Waals surface area contributed by atoms with Crippen LogP contribution in [0, 0.1) is 5.92 Å². The van der Waals surface area contributed by atoms with Gasteiger partial charge in [-0.2, -0.15) is 0 Å². The van der Waals surface area contributed by atoms with Gasteiger partial charge in [0.2, 0.25) is 0 Å². The lowest BCUT2D eigenvalue weighted by atomic mass is 10.0. The number of nitrogens with one attached hydrogen (secondary N) is 1. The average Bonchev–Trinajstić information content (AvgIpc) is 3.24. The summed E-state index contributed by atoms with van der Waals surface area (Å²) in [5.41, 5.74) is 1.10. The van der Waals surface area contributed by atoms with Crippen LogP contribution in [-0.4, -0.2) is 33.7 Å². The van der Waals surface area contributed by atoms with Gasteiger partial charge in [0.25, 0.3) is 0 Å². The largest absolute Gasteiger partial charge is 0.469 e. The molecule has 2 aromatic rings. The van der Waals surface area contributed by atoms with Gasteiger partial charge < -0.3 is 10.1 Å². The topological polar surface area (TPSA) is 69.0 Å². The summed E-state index contributed by atoms with van der Waals surface area (Å²) < 4.78 is 6.74. The number of esters is 1. The summed E-state index contributed by atoms with van der Waals surface area (Å²) in [7, 11) is 1.45. The van der Waals surface area contributed by atoms with Crippen molar-refractivity contribution < 1.29 is 9.53 Å². The minimum atomic E-state index is -0.108. The van der Waals surface area contributed by atoms with Crippen LogP contribution in [0.25, 0.3) is 5.82 Å². The number of rotatable bonds is 5. The Labute approximate surface area is 129 Å². The van der Waals surface area contributed by atoms with Gasteiger partial charge in [0.05, 0.1) is 13.0 Å². The van der Waals surface area contributed by atoms with Crippen LogP contribution in [0.4, 0.5) is 0 Å². The van der Waals surface area contributed by atoms with E-state index in [4.69, 9.17) is 4.74 Å². The number of imidazole rings is 1. The standard InChI is InChI=1S/C16H20N4O2/c1-22-16(21)13-3-2-4-14(13)18-9-12-5-6-15(19-10-12)20-8-7-17-11-20/h5-8,10-11,13-14,18H,2-4,9H2,1H3/t13-,14+/m0/s1. The summed E-state index contributed by atoms with van der Waals surface area (Å²) in [6.07, 6.45) is 10.1. The summed E-state index contributed by atoms with van der Waals surface area (Å²) in [6, 6.07) is 4.20. The molecule has 1 saturated carbocycles. The highest BCUT2D eigenvalue weighted by Gasteiger charge is 2.33. The van der Waals surface area contributed by atoms with Crippen molar-refractivity contribution in [2.45, 2.75) is 31.8 Å². The molecule has 0 bridgehead atoms. The van der Waals surface area contributed by atoms with Crippen LogP contribution < -0.4 is 5.32 Å². The van der Waals surface area contributed by atoms with Gasteiger partial charge in [-0.05, 0) is 24.5 Å². The number of nitrogens with zero attached hydrogens (tertiary/aromatic N) is 3. The number of methoxy groups -OCH3 is 1. The fourth-order valence-corrected chi connectivity index (χ4v) is 2.96. The quantitative estimate of drug-likeness (QED) is 0.851. The normalized spacial score (nSPS) is 21.0. The molecule has 22 heavy (non-hydrogen) atoms. The second kappa shape index (κ2) is 6.70. The van der Waals surface area contributed by atoms with E-state index in [0.29, 0.717) is 6.54 Å². The van der Waals surface area contributed by atoms with E-state index >= 15 is 0 Å². The molecule has 6 nitrogen and oxygen atoms in total. The van der Waals surface area contributed by atoms with Crippen molar-refractivity contribution >= 4 is 5.97 Å². The molecule has 0 saturated heterocycles. The van der Waals surface area contributed by atoms with Crippen molar-refractivity contribution in [1.82, 2.24) is 19.9 Å². The molecule has 1 aliphatic carbocycles. The monoisotopic (exact) mass is 300 g/mol. The molecule has 0 spiro atoms. The van der Waals surface area contributed by atoms with E-state index < -0.39 is 0 Å². The molecule has 1 aliphatic rings. The number of aromatic nitrogens is 3. The molecular weight excluding hydrogens is 280 g/mol. The number of hydrogen-bond acceptors (Lipinski definition) is 5. The maximum absolute atomic E-state index is 11.7. The first-order valence-electron chi connectivity index (χ1n) is 7.52. The van der Waals surface area contributed by atoms with E-state index in [-0.39, 0.29) is 17.9 Å². The fraction of sp³-hybridized carbons (Fsp3) is 0.438. The molecule has 0 aromatic carbocycles. The molecule has 0 unspecified atom stereocenters. The van der Waals surface area contributed by atoms with Crippen molar-refractivity contribution in [3.63, 3.8) is 0 Å². The lowest BCUT2D eigenvalue weighted by Gasteiger charge is -2.19. The van der Waals surface area contributed by atoms with Crippen LogP contribution in [0.2, 0.25) is 0 Å². The first-order chi connectivity index (χ1) is 10.8. The van der Waals surface area contributed by atoms with Crippen molar-refractivity contribution in [2.24, 2.45) is 5.92 Å². The van der Waals surface area contributed by atoms with E-state index in [0.717, 1.165) is 30.6 Å². The maximum atomic E-state index is 11.7. The van der Waals surface area contributed by atoms with Gasteiger partial charge in [-0.15, -0.1) is 0 Å². The summed E-state index contributed by atoms with van der Waals surface area (Å²) in [5.74, 6) is 0.710. The smallest absolute Gasteiger partial charge is 0.310 e. The van der Waals surface area contributed by atoms with Gasteiger partial charge in [-0.3, -0.25) is 9.36 Å². The minimum Gasteiger partial charge on any atom is -0.469 e. The molecule has 2 aromatic heterocycles. The third-order valence-electron chi connectivity index (χ3n) is 4.17. The van der Waals surface area contributed by atoms with Crippen molar-refractivity contribution in [3.8, 4) is 5.82 Å². The van der Waals surface area contributed by atoms with Crippen LogP contribution in [0.1, 0.15) is 24.8 Å². The highest BCUT2D eigenvalue weighted by atomic mass is 16.5. The minimum absolute atomic E-state index is 0.0248. The highest BCUT2D eigenvalue weighted by Crippen LogP contribution is 2.26. The second-order valence-electron chi connectivity index (χ2n) is 5.54. The van der Waals surface area contributed by atoms with Crippen LogP contribution in [0.3, 0.4) is 0 Å². The zero-order valence-corrected chi connectivity index (χ0v) is 12.6. The summed E-state index contributed by atoms with van der Waals surface area (Å²) >= 11 is 0. The molecule has 1 N–H and O–H groups in total. The average molecular weight is 300 g/mol. The Morgan fingerprint density at radius 2 is 2.36 bits per heavy atom. The van der Waals surface area contributed by atoms with Crippen molar-refractivity contribution in [3.05, 3.63) is 42.6 Å². The fourth-order valence-electron chi connectivity index (χ4n) is 2.96. The Bertz CT molecular complexity index is 610. The van der Waals surface area contributed by atoms with Gasteiger partial charge in [0, 0.05) is 31.2 Å². The summed E-state index contributed by atoms with van der Waals surface area (Å²) in [5, 5.41) is 3.46. The molecule has 0 radical (unpaired) electrons. The molecule has 2 heterocycles. The van der Waals surface area contributed by atoms with Crippen LogP contribution >= 0.6 is 0 Å². The van der Waals surface area contributed by atoms with Crippen LogP contribution in [0.15, 0.2) is 37.1 Å². The highest BCUT2D eigenvalue weighted by molar-refractivity contribution is 5.73. The van der Waals surface area contributed by atoms with E-state index in [2.05, 4.69) is 15.3 Å². The Hall–Kier alpha value is -2.21. The predicted octanol–water partition coefficient (Wildman–Crippen LogP) is 1.70. The lowest BCUT2D eigenvalue weighted by molar-refractivity contribution is -0.145. The van der Waals surface area contributed by atoms with Gasteiger partial charge in [0.15, 0.2) is 0 Å². The van der Waals surface area contributed by atoms with Gasteiger partial charge in [-0.25, -0.2) is 9.97 Å². The van der Waals surface area contributed by atoms with Crippen molar-refractivity contribution in [1.29, 1.82) is 0 Å². The van der Waals surface area contributed by atoms with Crippen LogP contribution in [-0.2, 0) is 16.1 Å². The first kappa shape index (κ1) is 14.7. The maximum Gasteiger partial charge on any atom is 0.310 e. The van der Waals surface area contributed by atoms with Crippen molar-refractivity contribution in [2.75, 3.05) is 7.11 Å². The zero-order chi connectivity index (χ0) is 15.4. The number of pyridine rings is 1. The van der Waals surface area contributed by atoms with E-state index in [1.165, 1.54) is 7.11 Å². The second-order valence-corrected chi connectivity index (χ2v) is 5.54. The van der Waals surface area contributed by atoms with Gasteiger partial charge in [-0.1, -0.05) is 12.5 Å². The molecular formula is C16H20N4O2. The van der Waals surface area contributed by atoms with E-state index in [9.17, 15) is 4.79 Å². The Morgan fingerprint density at radius 3 is 3.05 bits per heavy atom. The molecule has 0 amide bonds. The molecule has 1 fully saturated rings. The molecule has 0 aliphatic heterocycles. The predicted molar refractivity (Wildman–Crippen MR) is 81.3 cm³/mol. The number of carbonyl (C=O) groups excluding carboxylic acids is 1. The third kappa shape index (κ3) is 3.17. The van der Waals surface area contributed by atoms with Gasteiger partial charge in [0.1, 0.15) is 12.1 Å². The first-order valence-corrected chi connectivity index (χ1v) is 7.52. The molecule has 116 valence electrons. The number of carbonyl (C=O) groups is 1. The molecule has 6 heteroatoms. The molecule has 2 atom stereocenters. The number of ether oxygens (including phenoxy) is 1. The third-order valence-corrected chi connectivity index (χ3v) is 4.17. The summed E-state index contributed by atoms with van der Waals surface area (Å²) in [4.78, 5) is 20.2. The Morgan fingerprint density at radius 1 is 1.45 bits per heavy atom. The van der Waals surface area contributed by atoms with E-state index in [1.54, 1.807) is 12.5 Å². The zero-order valence-electron chi connectivity index (χ0n) is 12.6. The van der Waals surface area contributed by atoms with Gasteiger partial charge >= 0.3 is 5.97 Å². The Kier molecular flexibility index (Phi) is 4.48. The molecule has 3 rings (SSSR count). The summed E-state index contributed by atoms with van der Waals surface area (Å²) in [6.45, 7) is 0.704. The Balaban J connectivity index is 1.58. The SMILES string of the molecule is COC(=O)[C@H]1CCC[C@H]1NCc1ccc(-n2ccnc2)nc1.